The molecule has 0 radical (unpaired) electrons. The molecule has 2 rings (SSSR count). The highest BCUT2D eigenvalue weighted by atomic mass is 16.2. The first-order valence-electron chi connectivity index (χ1n) is 6.88. The minimum Gasteiger partial charge on any atom is -0.274 e. The van der Waals surface area contributed by atoms with Crippen molar-refractivity contribution in [2.45, 2.75) is 26.7 Å². The molecule has 0 bridgehead atoms. The Morgan fingerprint density at radius 3 is 2.14 bits per heavy atom. The summed E-state index contributed by atoms with van der Waals surface area (Å²) in [5, 5.41) is 8.75. The first-order chi connectivity index (χ1) is 9.97. The third kappa shape index (κ3) is 2.70. The van der Waals surface area contributed by atoms with Crippen LogP contribution in [-0.2, 0) is 4.79 Å². The molecule has 0 aliphatic carbocycles. The lowest BCUT2D eigenvalue weighted by atomic mass is 9.98. The van der Waals surface area contributed by atoms with Crippen LogP contribution in [0.1, 0.15) is 47.4 Å². The zero-order chi connectivity index (χ0) is 15.6. The standard InChI is InChI=1S/C16H16N2O3/c1-10(9-17)7-8-11(2)14(19)18-15(20)12-5-3-4-6-13(12)16(18)21/h3-6,10-11H,7-8H2,1-2H3. The number of nitrogens with zero attached hydrogens (tertiary/aromatic N) is 2. The Labute approximate surface area is 123 Å². The summed E-state index contributed by atoms with van der Waals surface area (Å²) in [4.78, 5) is 37.4. The van der Waals surface area contributed by atoms with E-state index >= 15 is 0 Å². The molecule has 5 nitrogen and oxygen atoms in total. The van der Waals surface area contributed by atoms with E-state index in [2.05, 4.69) is 6.07 Å². The molecule has 1 aromatic rings. The predicted molar refractivity (Wildman–Crippen MR) is 75.1 cm³/mol. The van der Waals surface area contributed by atoms with E-state index in [0.717, 1.165) is 4.90 Å². The van der Waals surface area contributed by atoms with E-state index in [-0.39, 0.29) is 17.0 Å². The summed E-state index contributed by atoms with van der Waals surface area (Å²) < 4.78 is 0. The van der Waals surface area contributed by atoms with Gasteiger partial charge < -0.3 is 0 Å². The molecule has 0 aromatic heterocycles. The van der Waals surface area contributed by atoms with Gasteiger partial charge in [0, 0.05) is 11.8 Å². The lowest BCUT2D eigenvalue weighted by Crippen LogP contribution is -2.39. The lowest BCUT2D eigenvalue weighted by molar-refractivity contribution is -0.130. The highest BCUT2D eigenvalue weighted by Crippen LogP contribution is 2.25. The van der Waals surface area contributed by atoms with Gasteiger partial charge in [-0.25, -0.2) is 4.90 Å². The van der Waals surface area contributed by atoms with E-state index in [0.29, 0.717) is 12.8 Å². The van der Waals surface area contributed by atoms with Crippen LogP contribution < -0.4 is 0 Å². The minimum atomic E-state index is -0.555. The molecule has 3 amide bonds. The lowest BCUT2D eigenvalue weighted by Gasteiger charge is -2.17. The maximum atomic E-state index is 12.3. The number of fused-ring (bicyclic) bond motifs is 1. The number of amides is 3. The molecule has 21 heavy (non-hydrogen) atoms. The van der Waals surface area contributed by atoms with Crippen LogP contribution in [0.4, 0.5) is 0 Å². The number of rotatable bonds is 4. The molecule has 5 heteroatoms. The SMILES string of the molecule is CC(C#N)CCC(C)C(=O)N1C(=O)c2ccccc2C1=O. The van der Waals surface area contributed by atoms with Crippen LogP contribution in [0.5, 0.6) is 0 Å². The number of nitriles is 1. The second-order valence-electron chi connectivity index (χ2n) is 5.34. The van der Waals surface area contributed by atoms with Crippen LogP contribution in [-0.4, -0.2) is 22.6 Å². The van der Waals surface area contributed by atoms with Crippen LogP contribution >= 0.6 is 0 Å². The number of hydrogen-bond donors (Lipinski definition) is 0. The smallest absolute Gasteiger partial charge is 0.268 e. The molecular weight excluding hydrogens is 268 g/mol. The molecule has 0 fully saturated rings. The molecule has 1 heterocycles. The van der Waals surface area contributed by atoms with Crippen LogP contribution in [0.25, 0.3) is 0 Å². The fraction of sp³-hybridized carbons (Fsp3) is 0.375. The van der Waals surface area contributed by atoms with E-state index < -0.39 is 23.6 Å². The molecule has 2 atom stereocenters. The van der Waals surface area contributed by atoms with Crippen molar-refractivity contribution in [1.29, 1.82) is 5.26 Å². The van der Waals surface area contributed by atoms with Gasteiger partial charge in [0.05, 0.1) is 17.2 Å². The van der Waals surface area contributed by atoms with Gasteiger partial charge in [0.25, 0.3) is 11.8 Å². The predicted octanol–water partition coefficient (Wildman–Crippen LogP) is 2.39. The van der Waals surface area contributed by atoms with Crippen molar-refractivity contribution in [2.24, 2.45) is 11.8 Å². The van der Waals surface area contributed by atoms with Crippen LogP contribution in [0.15, 0.2) is 24.3 Å². The Morgan fingerprint density at radius 1 is 1.14 bits per heavy atom. The topological polar surface area (TPSA) is 78.2 Å². The fourth-order valence-electron chi connectivity index (χ4n) is 2.30. The normalized spacial score (nSPS) is 16.3. The first-order valence-corrected chi connectivity index (χ1v) is 6.88. The van der Waals surface area contributed by atoms with Gasteiger partial charge in [-0.3, -0.25) is 14.4 Å². The Kier molecular flexibility index (Phi) is 4.18. The van der Waals surface area contributed by atoms with E-state index in [1.807, 2.05) is 0 Å². The zero-order valence-electron chi connectivity index (χ0n) is 12.0. The second-order valence-corrected chi connectivity index (χ2v) is 5.34. The molecule has 0 N–H and O–H groups in total. The summed E-state index contributed by atoms with van der Waals surface area (Å²) in [5.41, 5.74) is 0.543. The van der Waals surface area contributed by atoms with Crippen molar-refractivity contribution in [2.75, 3.05) is 0 Å². The van der Waals surface area contributed by atoms with Gasteiger partial charge in [-0.05, 0) is 31.9 Å². The summed E-state index contributed by atoms with van der Waals surface area (Å²) in [5.74, 6) is -2.22. The molecule has 0 saturated carbocycles. The number of imide groups is 3. The molecule has 108 valence electrons. The molecule has 1 aliphatic heterocycles. The summed E-state index contributed by atoms with van der Waals surface area (Å²) in [6.07, 6.45) is 1.04. The largest absolute Gasteiger partial charge is 0.274 e. The van der Waals surface area contributed by atoms with Gasteiger partial charge in [0.2, 0.25) is 5.91 Å². The van der Waals surface area contributed by atoms with Crippen molar-refractivity contribution in [3.05, 3.63) is 35.4 Å². The van der Waals surface area contributed by atoms with E-state index in [4.69, 9.17) is 5.26 Å². The quantitative estimate of drug-likeness (QED) is 0.795. The third-order valence-electron chi connectivity index (χ3n) is 3.69. The fourth-order valence-corrected chi connectivity index (χ4v) is 2.30. The summed E-state index contributed by atoms with van der Waals surface area (Å²) in [7, 11) is 0. The van der Waals surface area contributed by atoms with E-state index in [1.54, 1.807) is 38.1 Å². The number of carbonyl (C=O) groups excluding carboxylic acids is 3. The minimum absolute atomic E-state index is 0.151. The van der Waals surface area contributed by atoms with Crippen molar-refractivity contribution >= 4 is 17.7 Å². The highest BCUT2D eigenvalue weighted by Gasteiger charge is 2.40. The van der Waals surface area contributed by atoms with Crippen molar-refractivity contribution in [3.63, 3.8) is 0 Å². The molecule has 1 aromatic carbocycles. The first kappa shape index (κ1) is 14.9. The van der Waals surface area contributed by atoms with Gasteiger partial charge >= 0.3 is 0 Å². The monoisotopic (exact) mass is 284 g/mol. The average Bonchev–Trinajstić information content (AvgIpc) is 2.76. The van der Waals surface area contributed by atoms with Gasteiger partial charge in [0.15, 0.2) is 0 Å². The molecular formula is C16H16N2O3. The number of carbonyl (C=O) groups is 3. The van der Waals surface area contributed by atoms with E-state index in [1.165, 1.54) is 0 Å². The Morgan fingerprint density at radius 2 is 1.67 bits per heavy atom. The van der Waals surface area contributed by atoms with Crippen LogP contribution in [0, 0.1) is 23.2 Å². The van der Waals surface area contributed by atoms with Crippen molar-refractivity contribution in [1.82, 2.24) is 4.90 Å². The Balaban J connectivity index is 2.13. The maximum Gasteiger partial charge on any atom is 0.268 e. The molecule has 0 saturated heterocycles. The van der Waals surface area contributed by atoms with Gasteiger partial charge in [0.1, 0.15) is 0 Å². The van der Waals surface area contributed by atoms with Crippen molar-refractivity contribution < 1.29 is 14.4 Å². The number of hydrogen-bond acceptors (Lipinski definition) is 4. The molecule has 2 unspecified atom stereocenters. The molecule has 0 spiro atoms. The van der Waals surface area contributed by atoms with E-state index in [9.17, 15) is 14.4 Å². The highest BCUT2D eigenvalue weighted by molar-refractivity contribution is 6.29. The van der Waals surface area contributed by atoms with Crippen LogP contribution in [0.2, 0.25) is 0 Å². The van der Waals surface area contributed by atoms with Gasteiger partial charge in [-0.15, -0.1) is 0 Å². The zero-order valence-corrected chi connectivity index (χ0v) is 12.0. The van der Waals surface area contributed by atoms with Gasteiger partial charge in [-0.1, -0.05) is 19.1 Å². The maximum absolute atomic E-state index is 12.3. The van der Waals surface area contributed by atoms with Crippen LogP contribution in [0.3, 0.4) is 0 Å². The summed E-state index contributed by atoms with van der Waals surface area (Å²) in [6, 6.07) is 8.52. The average molecular weight is 284 g/mol. The Bertz CT molecular complexity index is 610. The molecule has 1 aliphatic rings. The second kappa shape index (κ2) is 5.88. The summed E-state index contributed by atoms with van der Waals surface area (Å²) in [6.45, 7) is 3.45. The Hall–Kier alpha value is -2.48. The number of benzene rings is 1. The van der Waals surface area contributed by atoms with Crippen molar-refractivity contribution in [3.8, 4) is 6.07 Å². The third-order valence-corrected chi connectivity index (χ3v) is 3.69. The summed E-state index contributed by atoms with van der Waals surface area (Å²) >= 11 is 0. The van der Waals surface area contributed by atoms with Gasteiger partial charge in [-0.2, -0.15) is 5.26 Å².